The highest BCUT2D eigenvalue weighted by atomic mass is 35.5. The number of benzene rings is 1. The number of pyridine rings is 1. The molecule has 2 unspecified atom stereocenters. The molecule has 0 radical (unpaired) electrons. The number of aromatic amines is 1. The fourth-order valence-electron chi connectivity index (χ4n) is 5.78. The molecule has 0 amide bonds. The molecular weight excluding hydrogens is 486 g/mol. The molecule has 1 saturated heterocycles. The summed E-state index contributed by atoms with van der Waals surface area (Å²) in [6.45, 7) is 6.39. The van der Waals surface area contributed by atoms with Gasteiger partial charge in [-0.25, -0.2) is 15.4 Å². The maximum absolute atomic E-state index is 12.9. The SMILES string of the molecule is CC1=CN(c2ccc(Cc3nc4cc(NC5CCN(C6CCCC6)C5)c(Cl)cc4c(=O)[nH]3)cn2)NC1C. The molecule has 1 aliphatic carbocycles. The van der Waals surface area contributed by atoms with Crippen molar-refractivity contribution in [1.82, 2.24) is 25.3 Å². The molecule has 0 spiro atoms. The van der Waals surface area contributed by atoms with E-state index in [1.165, 1.54) is 31.3 Å². The van der Waals surface area contributed by atoms with E-state index in [2.05, 4.69) is 45.7 Å². The maximum atomic E-state index is 12.9. The average molecular weight is 520 g/mol. The second-order valence-electron chi connectivity index (χ2n) is 10.7. The van der Waals surface area contributed by atoms with Crippen LogP contribution in [0.25, 0.3) is 10.9 Å². The Kier molecular flexibility index (Phi) is 6.65. The lowest BCUT2D eigenvalue weighted by Gasteiger charge is -2.24. The number of rotatable bonds is 6. The fourth-order valence-corrected chi connectivity index (χ4v) is 6.00. The summed E-state index contributed by atoms with van der Waals surface area (Å²) in [6, 6.07) is 9.03. The van der Waals surface area contributed by atoms with Crippen LogP contribution in [-0.4, -0.2) is 51.1 Å². The summed E-state index contributed by atoms with van der Waals surface area (Å²) in [5, 5.41) is 6.63. The molecular formula is C28H34ClN7O. The van der Waals surface area contributed by atoms with E-state index >= 15 is 0 Å². The number of fused-ring (bicyclic) bond motifs is 1. The van der Waals surface area contributed by atoms with Gasteiger partial charge in [0, 0.05) is 50.0 Å². The van der Waals surface area contributed by atoms with E-state index in [1.807, 2.05) is 29.4 Å². The molecule has 0 bridgehead atoms. The van der Waals surface area contributed by atoms with E-state index in [4.69, 9.17) is 16.6 Å². The predicted molar refractivity (Wildman–Crippen MR) is 149 cm³/mol. The van der Waals surface area contributed by atoms with Crippen molar-refractivity contribution in [2.75, 3.05) is 23.4 Å². The van der Waals surface area contributed by atoms with Gasteiger partial charge < -0.3 is 10.3 Å². The maximum Gasteiger partial charge on any atom is 0.258 e. The van der Waals surface area contributed by atoms with Gasteiger partial charge in [-0.3, -0.25) is 14.7 Å². The molecule has 9 heteroatoms. The van der Waals surface area contributed by atoms with Crippen molar-refractivity contribution in [3.8, 4) is 0 Å². The first-order valence-corrected chi connectivity index (χ1v) is 13.7. The molecule has 8 nitrogen and oxygen atoms in total. The molecule has 1 saturated carbocycles. The average Bonchev–Trinajstić information content (AvgIpc) is 3.63. The normalized spacial score (nSPS) is 22.8. The number of hydrazine groups is 1. The van der Waals surface area contributed by atoms with Gasteiger partial charge in [-0.15, -0.1) is 0 Å². The lowest BCUT2D eigenvalue weighted by molar-refractivity contribution is 0.245. The fraction of sp³-hybridized carbons (Fsp3) is 0.464. The Morgan fingerprint density at radius 1 is 1.19 bits per heavy atom. The minimum absolute atomic E-state index is 0.179. The zero-order chi connectivity index (χ0) is 25.5. The van der Waals surface area contributed by atoms with Crippen molar-refractivity contribution in [2.45, 2.75) is 70.5 Å². The lowest BCUT2D eigenvalue weighted by Crippen LogP contribution is -2.34. The summed E-state index contributed by atoms with van der Waals surface area (Å²) in [7, 11) is 0. The molecule has 2 aliphatic heterocycles. The standard InChI is InChI=1S/C28H34ClN7O/c1-17-15-36(34-18(17)2)27-8-7-19(14-30-27)11-26-32-24-13-25(23(29)12-22(24)28(37)33-26)31-20-9-10-35(16-20)21-5-3-4-6-21/h7-8,12-15,18,20-21,31,34H,3-6,9-11,16H2,1-2H3,(H,32,33,37). The van der Waals surface area contributed by atoms with E-state index in [1.54, 1.807) is 6.07 Å². The summed E-state index contributed by atoms with van der Waals surface area (Å²) < 4.78 is 0. The zero-order valence-corrected chi connectivity index (χ0v) is 22.2. The third-order valence-corrected chi connectivity index (χ3v) is 8.35. The number of likely N-dealkylation sites (tertiary alicyclic amines) is 1. The van der Waals surface area contributed by atoms with Gasteiger partial charge in [0.2, 0.25) is 0 Å². The van der Waals surface area contributed by atoms with Crippen LogP contribution in [0.3, 0.4) is 0 Å². The second kappa shape index (κ2) is 10.1. The van der Waals surface area contributed by atoms with E-state index in [9.17, 15) is 4.79 Å². The topological polar surface area (TPSA) is 89.2 Å². The molecule has 6 rings (SSSR count). The van der Waals surface area contributed by atoms with Crippen molar-refractivity contribution < 1.29 is 0 Å². The number of H-pyrrole nitrogens is 1. The molecule has 4 heterocycles. The summed E-state index contributed by atoms with van der Waals surface area (Å²) in [4.78, 5) is 27.8. The molecule has 1 aromatic carbocycles. The van der Waals surface area contributed by atoms with Crippen molar-refractivity contribution >= 4 is 34.0 Å². The van der Waals surface area contributed by atoms with Crippen molar-refractivity contribution in [3.63, 3.8) is 0 Å². The Labute approximate surface area is 222 Å². The zero-order valence-electron chi connectivity index (χ0n) is 21.4. The van der Waals surface area contributed by atoms with E-state index in [-0.39, 0.29) is 5.56 Å². The summed E-state index contributed by atoms with van der Waals surface area (Å²) in [6.07, 6.45) is 10.8. The van der Waals surface area contributed by atoms with Crippen LogP contribution in [0.1, 0.15) is 57.3 Å². The van der Waals surface area contributed by atoms with Crippen molar-refractivity contribution in [1.29, 1.82) is 0 Å². The Balaban J connectivity index is 1.18. The highest BCUT2D eigenvalue weighted by Gasteiger charge is 2.30. The minimum atomic E-state index is -0.179. The minimum Gasteiger partial charge on any atom is -0.380 e. The van der Waals surface area contributed by atoms with Gasteiger partial charge in [-0.1, -0.05) is 30.5 Å². The van der Waals surface area contributed by atoms with Crippen LogP contribution in [0.15, 0.2) is 47.0 Å². The Bertz CT molecular complexity index is 1380. The van der Waals surface area contributed by atoms with Gasteiger partial charge >= 0.3 is 0 Å². The van der Waals surface area contributed by atoms with Crippen LogP contribution in [0.4, 0.5) is 11.5 Å². The van der Waals surface area contributed by atoms with Gasteiger partial charge in [0.1, 0.15) is 11.6 Å². The van der Waals surface area contributed by atoms with Gasteiger partial charge in [0.15, 0.2) is 0 Å². The van der Waals surface area contributed by atoms with Crippen LogP contribution in [0.2, 0.25) is 5.02 Å². The monoisotopic (exact) mass is 519 g/mol. The first-order chi connectivity index (χ1) is 17.9. The van der Waals surface area contributed by atoms with Crippen LogP contribution in [0.5, 0.6) is 0 Å². The highest BCUT2D eigenvalue weighted by Crippen LogP contribution is 2.31. The van der Waals surface area contributed by atoms with Gasteiger partial charge in [-0.2, -0.15) is 0 Å². The molecule has 194 valence electrons. The van der Waals surface area contributed by atoms with Crippen LogP contribution in [-0.2, 0) is 6.42 Å². The number of aromatic nitrogens is 3. The molecule has 3 N–H and O–H groups in total. The van der Waals surface area contributed by atoms with Crippen molar-refractivity contribution in [3.05, 3.63) is 69.0 Å². The Morgan fingerprint density at radius 3 is 2.76 bits per heavy atom. The number of halogens is 1. The number of anilines is 2. The number of hydrogen-bond donors (Lipinski definition) is 3. The molecule has 3 aromatic rings. The molecule has 2 fully saturated rings. The Hall–Kier alpha value is -2.94. The largest absolute Gasteiger partial charge is 0.380 e. The van der Waals surface area contributed by atoms with Crippen LogP contribution in [0, 0.1) is 0 Å². The molecule has 2 aromatic heterocycles. The summed E-state index contributed by atoms with van der Waals surface area (Å²) in [5.41, 5.74) is 6.92. The predicted octanol–water partition coefficient (Wildman–Crippen LogP) is 4.61. The summed E-state index contributed by atoms with van der Waals surface area (Å²) in [5.74, 6) is 1.44. The third kappa shape index (κ3) is 5.10. The van der Waals surface area contributed by atoms with Crippen molar-refractivity contribution in [2.24, 2.45) is 0 Å². The Morgan fingerprint density at radius 2 is 2.03 bits per heavy atom. The first-order valence-electron chi connectivity index (χ1n) is 13.3. The number of hydrogen-bond acceptors (Lipinski definition) is 7. The lowest BCUT2D eigenvalue weighted by atomic mass is 10.1. The first kappa shape index (κ1) is 24.4. The van der Waals surface area contributed by atoms with Gasteiger partial charge in [-0.05, 0) is 62.4 Å². The highest BCUT2D eigenvalue weighted by molar-refractivity contribution is 6.34. The van der Waals surface area contributed by atoms with E-state index in [0.717, 1.165) is 42.6 Å². The quantitative estimate of drug-likeness (QED) is 0.438. The third-order valence-electron chi connectivity index (χ3n) is 8.04. The molecule has 3 aliphatic rings. The molecule has 2 atom stereocenters. The van der Waals surface area contributed by atoms with E-state index in [0.29, 0.717) is 40.3 Å². The second-order valence-corrected chi connectivity index (χ2v) is 11.1. The van der Waals surface area contributed by atoms with Gasteiger partial charge in [0.05, 0.1) is 21.6 Å². The van der Waals surface area contributed by atoms with E-state index < -0.39 is 0 Å². The van der Waals surface area contributed by atoms with Gasteiger partial charge in [0.25, 0.3) is 5.56 Å². The smallest absolute Gasteiger partial charge is 0.258 e. The van der Waals surface area contributed by atoms with Crippen LogP contribution < -0.4 is 21.3 Å². The van der Waals surface area contributed by atoms with Crippen LogP contribution >= 0.6 is 11.6 Å². The molecule has 37 heavy (non-hydrogen) atoms. The number of nitrogens with one attached hydrogen (secondary N) is 3. The number of nitrogens with zero attached hydrogens (tertiary/aromatic N) is 4. The summed E-state index contributed by atoms with van der Waals surface area (Å²) >= 11 is 6.60.